The lowest BCUT2D eigenvalue weighted by atomic mass is 9.74. The van der Waals surface area contributed by atoms with Crippen LogP contribution in [0.1, 0.15) is 46.9 Å². The standard InChI is InChI=1S/C27H25NO3S2/c1-17-24(27(30)31-12-11-18-7-3-2-4-8-18)26(23-10-6-14-33-23)25-20(28-17)15-19(16-21(25)29)22-9-5-13-32-22/h2-10,13-14,19,26,28H,11-12,15-16H2,1H3/t19-,26+/m1/s1. The Morgan fingerprint density at radius 2 is 1.73 bits per heavy atom. The molecule has 3 heterocycles. The van der Waals surface area contributed by atoms with Gasteiger partial charge in [-0.25, -0.2) is 4.79 Å². The van der Waals surface area contributed by atoms with Gasteiger partial charge in [0, 0.05) is 45.5 Å². The second kappa shape index (κ2) is 9.49. The minimum absolute atomic E-state index is 0.114. The number of hydrogen-bond donors (Lipinski definition) is 1. The van der Waals surface area contributed by atoms with E-state index in [1.807, 2.05) is 60.8 Å². The van der Waals surface area contributed by atoms with Gasteiger partial charge >= 0.3 is 5.97 Å². The van der Waals surface area contributed by atoms with Crippen LogP contribution in [0, 0.1) is 0 Å². The van der Waals surface area contributed by atoms with E-state index in [2.05, 4.69) is 16.8 Å². The second-order valence-electron chi connectivity index (χ2n) is 8.42. The highest BCUT2D eigenvalue weighted by Gasteiger charge is 2.41. The molecule has 5 rings (SSSR count). The molecule has 2 aliphatic rings. The zero-order valence-electron chi connectivity index (χ0n) is 18.4. The number of nitrogens with one attached hydrogen (secondary N) is 1. The molecular weight excluding hydrogens is 450 g/mol. The number of rotatable bonds is 6. The Morgan fingerprint density at radius 3 is 2.42 bits per heavy atom. The summed E-state index contributed by atoms with van der Waals surface area (Å²) < 4.78 is 5.71. The first-order chi connectivity index (χ1) is 16.1. The number of esters is 1. The number of ether oxygens (including phenoxy) is 1. The highest BCUT2D eigenvalue weighted by Crippen LogP contribution is 2.47. The fourth-order valence-electron chi connectivity index (χ4n) is 4.76. The van der Waals surface area contributed by atoms with Gasteiger partial charge in [0.25, 0.3) is 0 Å². The Labute approximate surface area is 201 Å². The van der Waals surface area contributed by atoms with Crippen molar-refractivity contribution in [2.45, 2.75) is 38.0 Å². The molecule has 4 nitrogen and oxygen atoms in total. The third-order valence-electron chi connectivity index (χ3n) is 6.29. The predicted octanol–water partition coefficient (Wildman–Crippen LogP) is 5.96. The van der Waals surface area contributed by atoms with E-state index in [1.165, 1.54) is 4.88 Å². The van der Waals surface area contributed by atoms with Crippen LogP contribution in [0.15, 0.2) is 87.9 Å². The lowest BCUT2D eigenvalue weighted by Gasteiger charge is -2.35. The number of allylic oxidation sites excluding steroid dienone is 3. The summed E-state index contributed by atoms with van der Waals surface area (Å²) in [6.45, 7) is 2.22. The van der Waals surface area contributed by atoms with E-state index in [0.717, 1.165) is 33.8 Å². The highest BCUT2D eigenvalue weighted by molar-refractivity contribution is 7.10. The maximum absolute atomic E-state index is 13.5. The molecule has 0 radical (unpaired) electrons. The fraction of sp³-hybridized carbons (Fsp3) is 0.259. The molecule has 0 amide bonds. The maximum Gasteiger partial charge on any atom is 0.336 e. The number of ketones is 1. The van der Waals surface area contributed by atoms with Crippen molar-refractivity contribution in [3.8, 4) is 0 Å². The largest absolute Gasteiger partial charge is 0.462 e. The van der Waals surface area contributed by atoms with Crippen molar-refractivity contribution in [2.24, 2.45) is 0 Å². The highest BCUT2D eigenvalue weighted by atomic mass is 32.1. The first-order valence-corrected chi connectivity index (χ1v) is 12.9. The molecule has 0 spiro atoms. The van der Waals surface area contributed by atoms with Gasteiger partial charge in [-0.1, -0.05) is 42.5 Å². The van der Waals surface area contributed by atoms with Gasteiger partial charge in [-0.2, -0.15) is 0 Å². The van der Waals surface area contributed by atoms with Crippen LogP contribution in [-0.2, 0) is 20.7 Å². The lowest BCUT2D eigenvalue weighted by Crippen LogP contribution is -2.35. The van der Waals surface area contributed by atoms with Crippen molar-refractivity contribution in [3.05, 3.63) is 103 Å². The minimum atomic E-state index is -0.373. The van der Waals surface area contributed by atoms with E-state index in [1.54, 1.807) is 22.7 Å². The van der Waals surface area contributed by atoms with Gasteiger partial charge in [0.15, 0.2) is 5.78 Å². The quantitative estimate of drug-likeness (QED) is 0.447. The van der Waals surface area contributed by atoms with Crippen LogP contribution in [0.5, 0.6) is 0 Å². The fourth-order valence-corrected chi connectivity index (χ4v) is 6.43. The van der Waals surface area contributed by atoms with Crippen molar-refractivity contribution in [1.29, 1.82) is 0 Å². The zero-order chi connectivity index (χ0) is 22.8. The Morgan fingerprint density at radius 1 is 1.00 bits per heavy atom. The van der Waals surface area contributed by atoms with Crippen molar-refractivity contribution < 1.29 is 14.3 Å². The van der Waals surface area contributed by atoms with Gasteiger partial charge < -0.3 is 10.1 Å². The van der Waals surface area contributed by atoms with Crippen molar-refractivity contribution in [1.82, 2.24) is 5.32 Å². The smallest absolute Gasteiger partial charge is 0.336 e. The van der Waals surface area contributed by atoms with Crippen LogP contribution in [0.4, 0.5) is 0 Å². The number of benzene rings is 1. The first kappa shape index (κ1) is 21.9. The molecule has 2 aromatic heterocycles. The van der Waals surface area contributed by atoms with Gasteiger partial charge in [0.2, 0.25) is 0 Å². The zero-order valence-corrected chi connectivity index (χ0v) is 20.0. The van der Waals surface area contributed by atoms with Crippen LogP contribution in [0.3, 0.4) is 0 Å². The van der Waals surface area contributed by atoms with Crippen molar-refractivity contribution >= 4 is 34.4 Å². The molecule has 1 aliphatic carbocycles. The van der Waals surface area contributed by atoms with E-state index in [0.29, 0.717) is 25.0 Å². The van der Waals surface area contributed by atoms with E-state index >= 15 is 0 Å². The molecule has 1 N–H and O–H groups in total. The minimum Gasteiger partial charge on any atom is -0.462 e. The predicted molar refractivity (Wildman–Crippen MR) is 132 cm³/mol. The molecular formula is C27H25NO3S2. The van der Waals surface area contributed by atoms with Gasteiger partial charge in [0.05, 0.1) is 18.1 Å². The molecule has 2 atom stereocenters. The summed E-state index contributed by atoms with van der Waals surface area (Å²) in [6, 6.07) is 18.1. The van der Waals surface area contributed by atoms with Crippen LogP contribution in [-0.4, -0.2) is 18.4 Å². The maximum atomic E-state index is 13.5. The van der Waals surface area contributed by atoms with Crippen LogP contribution < -0.4 is 5.32 Å². The SMILES string of the molecule is CC1=C(C(=O)OCCc2ccccc2)[C@H](c2cccs2)C2=C(C[C@@H](c3cccs3)CC2=O)N1. The lowest BCUT2D eigenvalue weighted by molar-refractivity contribution is -0.139. The molecule has 0 saturated carbocycles. The molecule has 168 valence electrons. The summed E-state index contributed by atoms with van der Waals surface area (Å²) in [5.74, 6) is -0.432. The van der Waals surface area contributed by atoms with E-state index in [9.17, 15) is 9.59 Å². The van der Waals surface area contributed by atoms with Crippen molar-refractivity contribution in [2.75, 3.05) is 6.61 Å². The van der Waals surface area contributed by atoms with Crippen LogP contribution in [0.2, 0.25) is 0 Å². The molecule has 33 heavy (non-hydrogen) atoms. The average Bonchev–Trinajstić information content (AvgIpc) is 3.53. The molecule has 1 aliphatic heterocycles. The topological polar surface area (TPSA) is 55.4 Å². The van der Waals surface area contributed by atoms with Gasteiger partial charge in [0.1, 0.15) is 0 Å². The summed E-state index contributed by atoms with van der Waals surface area (Å²) in [5.41, 5.74) is 4.12. The van der Waals surface area contributed by atoms with Gasteiger partial charge in [-0.05, 0) is 41.8 Å². The number of carbonyl (C=O) groups excluding carboxylic acids is 2. The summed E-state index contributed by atoms with van der Waals surface area (Å²) in [7, 11) is 0. The number of Topliss-reactive ketones (excluding diaryl/α,β-unsaturated/α-hetero) is 1. The summed E-state index contributed by atoms with van der Waals surface area (Å²) in [5, 5.41) is 7.47. The summed E-state index contributed by atoms with van der Waals surface area (Å²) in [4.78, 5) is 29.0. The van der Waals surface area contributed by atoms with E-state index < -0.39 is 0 Å². The molecule has 0 fully saturated rings. The first-order valence-electron chi connectivity index (χ1n) is 11.1. The van der Waals surface area contributed by atoms with E-state index in [4.69, 9.17) is 4.74 Å². The molecule has 3 aromatic rings. The molecule has 1 aromatic carbocycles. The number of dihydropyridines is 1. The van der Waals surface area contributed by atoms with Gasteiger partial charge in [-0.15, -0.1) is 22.7 Å². The monoisotopic (exact) mass is 475 g/mol. The Balaban J connectivity index is 1.42. The Hall–Kier alpha value is -2.96. The number of carbonyl (C=O) groups is 2. The molecule has 6 heteroatoms. The normalized spacial score (nSPS) is 20.5. The van der Waals surface area contributed by atoms with E-state index in [-0.39, 0.29) is 23.6 Å². The Bertz CT molecular complexity index is 1210. The molecule has 0 saturated heterocycles. The third kappa shape index (κ3) is 4.45. The number of thiophene rings is 2. The average molecular weight is 476 g/mol. The molecule has 0 unspecified atom stereocenters. The van der Waals surface area contributed by atoms with Gasteiger partial charge in [-0.3, -0.25) is 4.79 Å². The van der Waals surface area contributed by atoms with Crippen LogP contribution >= 0.6 is 22.7 Å². The van der Waals surface area contributed by atoms with Crippen molar-refractivity contribution in [3.63, 3.8) is 0 Å². The number of hydrogen-bond acceptors (Lipinski definition) is 6. The Kier molecular flexibility index (Phi) is 6.29. The second-order valence-corrected chi connectivity index (χ2v) is 10.4. The molecule has 0 bridgehead atoms. The third-order valence-corrected chi connectivity index (χ3v) is 8.26. The summed E-state index contributed by atoms with van der Waals surface area (Å²) in [6.07, 6.45) is 1.90. The summed E-state index contributed by atoms with van der Waals surface area (Å²) >= 11 is 3.27. The van der Waals surface area contributed by atoms with Crippen LogP contribution in [0.25, 0.3) is 0 Å².